The van der Waals surface area contributed by atoms with Crippen LogP contribution in [0.5, 0.6) is 0 Å². The van der Waals surface area contributed by atoms with E-state index >= 15 is 0 Å². The Morgan fingerprint density at radius 2 is 2.00 bits per heavy atom. The molecular weight excluding hydrogens is 196 g/mol. The molecule has 4 nitrogen and oxygen atoms in total. The molecule has 0 rings (SSSR count). The van der Waals surface area contributed by atoms with Crippen molar-refractivity contribution < 1.29 is 9.59 Å². The van der Waals surface area contributed by atoms with Crippen LogP contribution in [0.25, 0.3) is 0 Å². The fourth-order valence-corrected chi connectivity index (χ4v) is 1.70. The van der Waals surface area contributed by atoms with Crippen LogP contribution in [0, 0.1) is 0 Å². The van der Waals surface area contributed by atoms with Crippen molar-refractivity contribution in [2.45, 2.75) is 24.5 Å². The molecule has 0 aromatic carbocycles. The number of Topliss-reactive ketones (excluding diaryl/α,β-unsaturated/α-hetero) is 1. The minimum atomic E-state index is -0.935. The van der Waals surface area contributed by atoms with Crippen LogP contribution in [0.1, 0.15) is 13.8 Å². The molecule has 12 heavy (non-hydrogen) atoms. The molecule has 0 radical (unpaired) electrons. The summed E-state index contributed by atoms with van der Waals surface area (Å²) in [5.74, 6) is -1.58. The predicted molar refractivity (Wildman–Crippen MR) is 52.8 cm³/mol. The number of carbonyl (C=O) groups excluding carboxylic acids is 2. The molecule has 1 amide bonds. The zero-order valence-corrected chi connectivity index (χ0v) is 8.61. The average molecular weight is 208 g/mol. The summed E-state index contributed by atoms with van der Waals surface area (Å²) in [4.78, 5) is 21.5. The Morgan fingerprint density at radius 3 is 2.25 bits per heavy atom. The first-order valence-corrected chi connectivity index (χ1v) is 4.76. The summed E-state index contributed by atoms with van der Waals surface area (Å²) in [6, 6.07) is 0. The van der Waals surface area contributed by atoms with Gasteiger partial charge in [0.2, 0.25) is 5.78 Å². The molecule has 0 fully saturated rings. The Labute approximate surface area is 81.2 Å². The highest BCUT2D eigenvalue weighted by Gasteiger charge is 2.22. The molecule has 0 heterocycles. The number of thiol groups is 1. The SMILES string of the molecule is CC(C)SC(NS)C(=O)C(N)=O. The largest absolute Gasteiger partial charge is 0.363 e. The first-order valence-electron chi connectivity index (χ1n) is 3.37. The fourth-order valence-electron chi connectivity index (χ4n) is 0.552. The molecule has 0 aliphatic carbocycles. The molecule has 70 valence electrons. The van der Waals surface area contributed by atoms with Gasteiger partial charge in [-0.2, -0.15) is 0 Å². The second-order valence-electron chi connectivity index (χ2n) is 2.42. The third-order valence-electron chi connectivity index (χ3n) is 1.01. The smallest absolute Gasteiger partial charge is 0.287 e. The summed E-state index contributed by atoms with van der Waals surface area (Å²) < 4.78 is 2.42. The van der Waals surface area contributed by atoms with Gasteiger partial charge in [-0.1, -0.05) is 26.7 Å². The zero-order chi connectivity index (χ0) is 9.72. The number of thioether (sulfide) groups is 1. The normalized spacial score (nSPS) is 13.0. The van der Waals surface area contributed by atoms with Gasteiger partial charge in [-0.3, -0.25) is 9.59 Å². The molecule has 6 heteroatoms. The van der Waals surface area contributed by atoms with Crippen LogP contribution in [0.15, 0.2) is 0 Å². The summed E-state index contributed by atoms with van der Waals surface area (Å²) in [6.45, 7) is 3.83. The van der Waals surface area contributed by atoms with Crippen molar-refractivity contribution in [3.05, 3.63) is 0 Å². The molecule has 0 saturated carbocycles. The molecule has 0 aliphatic heterocycles. The van der Waals surface area contributed by atoms with Gasteiger partial charge in [-0.25, -0.2) is 4.72 Å². The summed E-state index contributed by atoms with van der Waals surface area (Å²) in [7, 11) is 0. The zero-order valence-electron chi connectivity index (χ0n) is 6.90. The Bertz CT molecular complexity index is 184. The van der Waals surface area contributed by atoms with E-state index in [0.717, 1.165) is 0 Å². The summed E-state index contributed by atoms with van der Waals surface area (Å²) in [6.07, 6.45) is 0. The molecule has 1 atom stereocenters. The van der Waals surface area contributed by atoms with Gasteiger partial charge in [-0.15, -0.1) is 11.8 Å². The lowest BCUT2D eigenvalue weighted by Crippen LogP contribution is -2.38. The van der Waals surface area contributed by atoms with Crippen molar-refractivity contribution >= 4 is 36.3 Å². The first kappa shape index (κ1) is 11.8. The van der Waals surface area contributed by atoms with E-state index in [0.29, 0.717) is 0 Å². The minimum absolute atomic E-state index is 0.234. The maximum atomic E-state index is 11.0. The number of nitrogens with one attached hydrogen (secondary N) is 1. The number of hydrogen-bond acceptors (Lipinski definition) is 5. The van der Waals surface area contributed by atoms with Crippen molar-refractivity contribution in [2.75, 3.05) is 0 Å². The van der Waals surface area contributed by atoms with Crippen molar-refractivity contribution in [3.63, 3.8) is 0 Å². The third-order valence-corrected chi connectivity index (χ3v) is 2.59. The summed E-state index contributed by atoms with van der Waals surface area (Å²) >= 11 is 5.02. The fraction of sp³-hybridized carbons (Fsp3) is 0.667. The van der Waals surface area contributed by atoms with E-state index in [1.165, 1.54) is 11.8 Å². The van der Waals surface area contributed by atoms with Crippen LogP contribution in [0.3, 0.4) is 0 Å². The van der Waals surface area contributed by atoms with E-state index in [1.54, 1.807) is 0 Å². The highest BCUT2D eigenvalue weighted by molar-refractivity contribution is 8.01. The predicted octanol–water partition coefficient (Wildman–Crippen LogP) is -0.0571. The molecule has 0 aromatic rings. The molecule has 0 aromatic heterocycles. The number of amides is 1. The number of ketones is 1. The molecule has 1 unspecified atom stereocenters. The van der Waals surface area contributed by atoms with E-state index in [4.69, 9.17) is 5.73 Å². The van der Waals surface area contributed by atoms with Gasteiger partial charge in [0.25, 0.3) is 5.91 Å². The topological polar surface area (TPSA) is 72.2 Å². The lowest BCUT2D eigenvalue weighted by atomic mass is 10.4. The van der Waals surface area contributed by atoms with Crippen molar-refractivity contribution in [2.24, 2.45) is 5.73 Å². The molecular formula is C6H12N2O2S2. The van der Waals surface area contributed by atoms with E-state index in [-0.39, 0.29) is 5.25 Å². The highest BCUT2D eigenvalue weighted by atomic mass is 32.2. The van der Waals surface area contributed by atoms with E-state index in [2.05, 4.69) is 17.5 Å². The van der Waals surface area contributed by atoms with Gasteiger partial charge in [0.1, 0.15) is 5.37 Å². The highest BCUT2D eigenvalue weighted by Crippen LogP contribution is 2.16. The van der Waals surface area contributed by atoms with E-state index in [9.17, 15) is 9.59 Å². The Morgan fingerprint density at radius 1 is 1.50 bits per heavy atom. The Balaban J connectivity index is 4.15. The Hall–Kier alpha value is -0.200. The monoisotopic (exact) mass is 208 g/mol. The van der Waals surface area contributed by atoms with E-state index in [1.807, 2.05) is 13.8 Å². The van der Waals surface area contributed by atoms with Gasteiger partial charge in [0, 0.05) is 5.25 Å². The van der Waals surface area contributed by atoms with Crippen molar-refractivity contribution in [1.82, 2.24) is 4.72 Å². The maximum Gasteiger partial charge on any atom is 0.287 e. The van der Waals surface area contributed by atoms with Gasteiger partial charge in [0.05, 0.1) is 0 Å². The maximum absolute atomic E-state index is 11.0. The van der Waals surface area contributed by atoms with Crippen LogP contribution in [-0.2, 0) is 9.59 Å². The van der Waals surface area contributed by atoms with Crippen LogP contribution in [0.4, 0.5) is 0 Å². The average Bonchev–Trinajstić information content (AvgIpc) is 1.98. The van der Waals surface area contributed by atoms with Crippen LogP contribution in [0.2, 0.25) is 0 Å². The number of nitrogens with two attached hydrogens (primary N) is 1. The second kappa shape index (κ2) is 5.45. The lowest BCUT2D eigenvalue weighted by Gasteiger charge is -2.13. The number of primary amides is 1. The number of carbonyl (C=O) groups is 2. The van der Waals surface area contributed by atoms with Gasteiger partial charge < -0.3 is 5.73 Å². The van der Waals surface area contributed by atoms with Gasteiger partial charge >= 0.3 is 0 Å². The first-order chi connectivity index (χ1) is 5.49. The molecule has 0 spiro atoms. The van der Waals surface area contributed by atoms with Crippen LogP contribution < -0.4 is 10.5 Å². The van der Waals surface area contributed by atoms with Crippen molar-refractivity contribution in [1.29, 1.82) is 0 Å². The van der Waals surface area contributed by atoms with Crippen molar-refractivity contribution in [3.8, 4) is 0 Å². The summed E-state index contributed by atoms with van der Waals surface area (Å²) in [5, 5.41) is -0.413. The van der Waals surface area contributed by atoms with E-state index < -0.39 is 17.1 Å². The summed E-state index contributed by atoms with van der Waals surface area (Å²) in [5.41, 5.74) is 4.81. The lowest BCUT2D eigenvalue weighted by molar-refractivity contribution is -0.135. The molecule has 0 aliphatic rings. The van der Waals surface area contributed by atoms with Crippen LogP contribution in [-0.4, -0.2) is 22.3 Å². The van der Waals surface area contributed by atoms with Gasteiger partial charge in [0.15, 0.2) is 0 Å². The number of hydrogen-bond donors (Lipinski definition) is 3. The molecule has 3 N–H and O–H groups in total. The second-order valence-corrected chi connectivity index (χ2v) is 4.37. The number of rotatable bonds is 5. The standard InChI is InChI=1S/C6H12N2O2S2/c1-3(2)12-6(8-11)4(9)5(7)10/h3,6,8,11H,1-2H3,(H2,7,10). The minimum Gasteiger partial charge on any atom is -0.363 e. The van der Waals surface area contributed by atoms with Crippen LogP contribution >= 0.6 is 24.6 Å². The Kier molecular flexibility index (Phi) is 5.36. The molecule has 0 saturated heterocycles. The quantitative estimate of drug-likeness (QED) is 0.336. The van der Waals surface area contributed by atoms with Gasteiger partial charge in [-0.05, 0) is 0 Å². The molecule has 0 bridgehead atoms. The third kappa shape index (κ3) is 3.99.